The van der Waals surface area contributed by atoms with Gasteiger partial charge in [0.2, 0.25) is 0 Å². The van der Waals surface area contributed by atoms with E-state index in [1.165, 1.54) is 0 Å². The fourth-order valence-electron chi connectivity index (χ4n) is 1.21. The molecule has 0 unspecified atom stereocenters. The highest BCUT2D eigenvalue weighted by Gasteiger charge is 2.08. The molecule has 0 fully saturated rings. The molecule has 1 rings (SSSR count). The molecule has 72 valence electrons. The van der Waals surface area contributed by atoms with Crippen LogP contribution in [0.1, 0.15) is 25.1 Å². The maximum absolute atomic E-state index is 11.2. The Balaban J connectivity index is 3.09. The molecule has 0 atom stereocenters. The summed E-state index contributed by atoms with van der Waals surface area (Å²) in [6.07, 6.45) is 2.40. The minimum absolute atomic E-state index is 0.634. The summed E-state index contributed by atoms with van der Waals surface area (Å²) >= 11 is 0. The van der Waals surface area contributed by atoms with E-state index in [0.717, 1.165) is 22.5 Å². The summed E-state index contributed by atoms with van der Waals surface area (Å²) in [7, 11) is 0. The normalized spacial score (nSPS) is 10.1. The molecule has 0 aliphatic carbocycles. The first-order valence-corrected chi connectivity index (χ1v) is 4.54. The molecule has 1 heterocycles. The maximum atomic E-state index is 11.2. The molecular weight excluding hydrogens is 166 g/mol. The van der Waals surface area contributed by atoms with Gasteiger partial charge in [-0.25, -0.2) is 0 Å². The molecular formula is C10H15NO2. The largest absolute Gasteiger partial charge is 0.618 e. The Morgan fingerprint density at radius 2 is 2.15 bits per heavy atom. The van der Waals surface area contributed by atoms with Gasteiger partial charge in [0.25, 0.3) is 0 Å². The number of aromatic nitrogens is 1. The van der Waals surface area contributed by atoms with Gasteiger partial charge in [-0.1, -0.05) is 6.92 Å². The Morgan fingerprint density at radius 1 is 1.46 bits per heavy atom. The van der Waals surface area contributed by atoms with Crippen LogP contribution in [0.2, 0.25) is 0 Å². The van der Waals surface area contributed by atoms with Crippen molar-refractivity contribution in [2.45, 2.75) is 27.2 Å². The smallest absolute Gasteiger partial charge is 0.193 e. The maximum Gasteiger partial charge on any atom is 0.193 e. The summed E-state index contributed by atoms with van der Waals surface area (Å²) < 4.78 is 6.29. The molecule has 1 aromatic rings. The summed E-state index contributed by atoms with van der Waals surface area (Å²) in [5.74, 6) is 0.828. The highest BCUT2D eigenvalue weighted by atomic mass is 16.5. The zero-order valence-electron chi connectivity index (χ0n) is 8.33. The van der Waals surface area contributed by atoms with Crippen LogP contribution in [0.3, 0.4) is 0 Å². The summed E-state index contributed by atoms with van der Waals surface area (Å²) in [5.41, 5.74) is 1.63. The van der Waals surface area contributed by atoms with Crippen molar-refractivity contribution in [2.75, 3.05) is 6.61 Å². The first-order chi connectivity index (χ1) is 6.19. The first kappa shape index (κ1) is 9.84. The third-order valence-corrected chi connectivity index (χ3v) is 1.96. The van der Waals surface area contributed by atoms with Crippen LogP contribution in [0.5, 0.6) is 5.75 Å². The lowest BCUT2D eigenvalue weighted by molar-refractivity contribution is -0.612. The Kier molecular flexibility index (Phi) is 3.12. The van der Waals surface area contributed by atoms with Crippen molar-refractivity contribution in [1.29, 1.82) is 0 Å². The highest BCUT2D eigenvalue weighted by Crippen LogP contribution is 2.17. The van der Waals surface area contributed by atoms with Crippen LogP contribution < -0.4 is 9.47 Å². The molecule has 0 amide bonds. The van der Waals surface area contributed by atoms with Crippen LogP contribution in [0, 0.1) is 12.1 Å². The third-order valence-electron chi connectivity index (χ3n) is 1.96. The summed E-state index contributed by atoms with van der Waals surface area (Å²) in [4.78, 5) is 0. The van der Waals surface area contributed by atoms with E-state index >= 15 is 0 Å². The average molecular weight is 181 g/mol. The molecule has 0 spiro atoms. The Morgan fingerprint density at radius 3 is 2.69 bits per heavy atom. The van der Waals surface area contributed by atoms with E-state index in [1.807, 2.05) is 13.8 Å². The lowest BCUT2D eigenvalue weighted by atomic mass is 10.2. The molecule has 3 heteroatoms. The zero-order chi connectivity index (χ0) is 9.84. The van der Waals surface area contributed by atoms with E-state index in [2.05, 4.69) is 0 Å². The molecule has 0 saturated heterocycles. The van der Waals surface area contributed by atoms with Crippen LogP contribution in [0.4, 0.5) is 0 Å². The molecule has 0 saturated carbocycles. The van der Waals surface area contributed by atoms with Crippen LogP contribution in [-0.4, -0.2) is 6.61 Å². The van der Waals surface area contributed by atoms with Crippen LogP contribution in [-0.2, 0) is 6.42 Å². The van der Waals surface area contributed by atoms with Gasteiger partial charge in [-0.2, -0.15) is 4.73 Å². The quantitative estimate of drug-likeness (QED) is 0.524. The van der Waals surface area contributed by atoms with Crippen LogP contribution in [0.25, 0.3) is 0 Å². The molecule has 0 bridgehead atoms. The number of nitrogens with zero attached hydrogens (tertiary/aromatic N) is 1. The van der Waals surface area contributed by atoms with E-state index in [-0.39, 0.29) is 0 Å². The molecule has 3 nitrogen and oxygen atoms in total. The SMILES string of the molecule is CCOc1cc(C)[n+]([O-])cc1CC. The number of hydrogen-bond donors (Lipinski definition) is 0. The standard InChI is InChI=1S/C10H15NO2/c1-4-9-7-11(12)8(3)6-10(9)13-5-2/h6-7H,4-5H2,1-3H3. The fourth-order valence-corrected chi connectivity index (χ4v) is 1.21. The number of ether oxygens (including phenoxy) is 1. The molecule has 0 aromatic carbocycles. The predicted molar refractivity (Wildman–Crippen MR) is 50.7 cm³/mol. The minimum Gasteiger partial charge on any atom is -0.618 e. The van der Waals surface area contributed by atoms with Crippen molar-refractivity contribution in [2.24, 2.45) is 0 Å². The van der Waals surface area contributed by atoms with Gasteiger partial charge >= 0.3 is 0 Å². The van der Waals surface area contributed by atoms with Crippen molar-refractivity contribution in [1.82, 2.24) is 0 Å². The third kappa shape index (κ3) is 2.11. The first-order valence-electron chi connectivity index (χ1n) is 4.54. The average Bonchev–Trinajstić information content (AvgIpc) is 2.11. The Labute approximate surface area is 78.5 Å². The molecule has 0 N–H and O–H groups in total. The Hall–Kier alpha value is -1.25. The van der Waals surface area contributed by atoms with Gasteiger partial charge in [-0.05, 0) is 13.3 Å². The van der Waals surface area contributed by atoms with E-state index in [4.69, 9.17) is 4.74 Å². The lowest BCUT2D eigenvalue weighted by Gasteiger charge is -2.09. The molecule has 1 aromatic heterocycles. The second-order valence-corrected chi connectivity index (χ2v) is 2.92. The number of rotatable bonds is 3. The van der Waals surface area contributed by atoms with Gasteiger partial charge in [0.1, 0.15) is 5.75 Å². The number of pyridine rings is 1. The minimum atomic E-state index is 0.634. The molecule has 0 aliphatic heterocycles. The van der Waals surface area contributed by atoms with Gasteiger partial charge in [0.05, 0.1) is 12.2 Å². The lowest BCUT2D eigenvalue weighted by Crippen LogP contribution is -2.30. The zero-order valence-corrected chi connectivity index (χ0v) is 8.33. The van der Waals surface area contributed by atoms with Gasteiger partial charge in [-0.15, -0.1) is 0 Å². The monoisotopic (exact) mass is 181 g/mol. The highest BCUT2D eigenvalue weighted by molar-refractivity contribution is 5.30. The topological polar surface area (TPSA) is 36.2 Å². The second kappa shape index (κ2) is 4.12. The van der Waals surface area contributed by atoms with Gasteiger partial charge in [0.15, 0.2) is 11.9 Å². The van der Waals surface area contributed by atoms with Crippen molar-refractivity contribution >= 4 is 0 Å². The molecule has 0 radical (unpaired) electrons. The number of aryl methyl sites for hydroxylation is 2. The van der Waals surface area contributed by atoms with Gasteiger partial charge in [0, 0.05) is 13.0 Å². The molecule has 13 heavy (non-hydrogen) atoms. The van der Waals surface area contributed by atoms with Crippen molar-refractivity contribution < 1.29 is 9.47 Å². The van der Waals surface area contributed by atoms with Gasteiger partial charge < -0.3 is 9.94 Å². The summed E-state index contributed by atoms with van der Waals surface area (Å²) in [6.45, 7) is 6.35. The second-order valence-electron chi connectivity index (χ2n) is 2.92. The predicted octanol–water partition coefficient (Wildman–Crippen LogP) is 1.59. The number of hydrogen-bond acceptors (Lipinski definition) is 2. The van der Waals surface area contributed by atoms with E-state index in [0.29, 0.717) is 12.3 Å². The van der Waals surface area contributed by atoms with E-state index < -0.39 is 0 Å². The summed E-state index contributed by atoms with van der Waals surface area (Å²) in [5, 5.41) is 11.2. The van der Waals surface area contributed by atoms with Crippen molar-refractivity contribution in [3.05, 3.63) is 28.7 Å². The summed E-state index contributed by atoms with van der Waals surface area (Å²) in [6, 6.07) is 1.79. The van der Waals surface area contributed by atoms with Crippen molar-refractivity contribution in [3.8, 4) is 5.75 Å². The van der Waals surface area contributed by atoms with Gasteiger partial charge in [-0.3, -0.25) is 0 Å². The fraction of sp³-hybridized carbons (Fsp3) is 0.500. The molecule has 0 aliphatic rings. The van der Waals surface area contributed by atoms with Crippen LogP contribution in [0.15, 0.2) is 12.3 Å². The Bertz CT molecular complexity index is 297. The van der Waals surface area contributed by atoms with Crippen LogP contribution >= 0.6 is 0 Å². The van der Waals surface area contributed by atoms with Crippen molar-refractivity contribution in [3.63, 3.8) is 0 Å². The van der Waals surface area contributed by atoms with E-state index in [9.17, 15) is 5.21 Å². The van der Waals surface area contributed by atoms with E-state index in [1.54, 1.807) is 19.2 Å².